The Labute approximate surface area is 155 Å². The van der Waals surface area contributed by atoms with Gasteiger partial charge in [0.15, 0.2) is 5.16 Å². The minimum Gasteiger partial charge on any atom is -0.497 e. The van der Waals surface area contributed by atoms with E-state index in [9.17, 15) is 9.59 Å². The predicted molar refractivity (Wildman–Crippen MR) is 100 cm³/mol. The SMILES string of the molecule is CCc1cc(=O)n2c(n1)SCC2CC(=O)Nc1cc(OC)ccc1OC. The first-order valence-electron chi connectivity index (χ1n) is 8.32. The molecule has 26 heavy (non-hydrogen) atoms. The molecule has 7 nitrogen and oxygen atoms in total. The Bertz CT molecular complexity index is 881. The van der Waals surface area contributed by atoms with E-state index in [0.717, 1.165) is 5.69 Å². The van der Waals surface area contributed by atoms with Gasteiger partial charge in [0.2, 0.25) is 5.91 Å². The molecule has 1 aromatic heterocycles. The number of ether oxygens (including phenoxy) is 2. The van der Waals surface area contributed by atoms with Gasteiger partial charge in [0.1, 0.15) is 11.5 Å². The molecule has 3 rings (SSSR count). The van der Waals surface area contributed by atoms with E-state index in [1.165, 1.54) is 18.9 Å². The molecule has 0 aliphatic carbocycles. The van der Waals surface area contributed by atoms with E-state index in [4.69, 9.17) is 9.47 Å². The molecular formula is C18H21N3O4S. The number of methoxy groups -OCH3 is 2. The van der Waals surface area contributed by atoms with Gasteiger partial charge in [-0.15, -0.1) is 0 Å². The molecule has 0 saturated carbocycles. The lowest BCUT2D eigenvalue weighted by molar-refractivity contribution is -0.116. The monoisotopic (exact) mass is 375 g/mol. The Kier molecular flexibility index (Phi) is 5.51. The van der Waals surface area contributed by atoms with Gasteiger partial charge < -0.3 is 14.8 Å². The molecule has 1 N–H and O–H groups in total. The van der Waals surface area contributed by atoms with E-state index in [1.54, 1.807) is 35.9 Å². The number of fused-ring (bicyclic) bond motifs is 1. The second-order valence-corrected chi connectivity index (χ2v) is 6.86. The lowest BCUT2D eigenvalue weighted by atomic mass is 10.2. The van der Waals surface area contributed by atoms with Crippen molar-refractivity contribution in [3.05, 3.63) is 40.3 Å². The largest absolute Gasteiger partial charge is 0.497 e. The van der Waals surface area contributed by atoms with Crippen LogP contribution in [0.1, 0.15) is 25.1 Å². The van der Waals surface area contributed by atoms with E-state index < -0.39 is 0 Å². The number of rotatable bonds is 6. The van der Waals surface area contributed by atoms with Gasteiger partial charge in [0, 0.05) is 30.0 Å². The fourth-order valence-corrected chi connectivity index (χ4v) is 4.03. The summed E-state index contributed by atoms with van der Waals surface area (Å²) in [6.07, 6.45) is 0.901. The van der Waals surface area contributed by atoms with Gasteiger partial charge in [-0.3, -0.25) is 14.2 Å². The number of thioether (sulfide) groups is 1. The van der Waals surface area contributed by atoms with Crippen molar-refractivity contribution in [3.63, 3.8) is 0 Å². The molecule has 1 aliphatic rings. The van der Waals surface area contributed by atoms with Crippen molar-refractivity contribution in [2.24, 2.45) is 0 Å². The van der Waals surface area contributed by atoms with Crippen LogP contribution in [0.5, 0.6) is 11.5 Å². The number of aromatic nitrogens is 2. The van der Waals surface area contributed by atoms with Crippen LogP contribution in [0.3, 0.4) is 0 Å². The van der Waals surface area contributed by atoms with Gasteiger partial charge in [0.05, 0.1) is 25.9 Å². The number of nitrogens with one attached hydrogen (secondary N) is 1. The minimum atomic E-state index is -0.211. The highest BCUT2D eigenvalue weighted by Gasteiger charge is 2.27. The molecule has 1 aliphatic heterocycles. The van der Waals surface area contributed by atoms with E-state index in [1.807, 2.05) is 6.92 Å². The summed E-state index contributed by atoms with van der Waals surface area (Å²) in [4.78, 5) is 29.4. The van der Waals surface area contributed by atoms with Crippen LogP contribution in [0.2, 0.25) is 0 Å². The molecule has 0 radical (unpaired) electrons. The summed E-state index contributed by atoms with van der Waals surface area (Å²) in [7, 11) is 3.10. The predicted octanol–water partition coefficient (Wildman–Crippen LogP) is 2.50. The number of hydrogen-bond donors (Lipinski definition) is 1. The summed E-state index contributed by atoms with van der Waals surface area (Å²) in [6, 6.07) is 6.53. The van der Waals surface area contributed by atoms with Crippen molar-refractivity contribution in [1.82, 2.24) is 9.55 Å². The molecule has 0 fully saturated rings. The highest BCUT2D eigenvalue weighted by Crippen LogP contribution is 2.33. The van der Waals surface area contributed by atoms with Crippen molar-refractivity contribution >= 4 is 23.4 Å². The van der Waals surface area contributed by atoms with E-state index in [-0.39, 0.29) is 23.9 Å². The standard InChI is InChI=1S/C18H21N3O4S/c1-4-11-7-17(23)21-12(10-26-18(21)19-11)8-16(22)20-14-9-13(24-2)5-6-15(14)25-3/h5-7,9,12H,4,8,10H2,1-3H3,(H,20,22). The van der Waals surface area contributed by atoms with Crippen molar-refractivity contribution in [1.29, 1.82) is 0 Å². The molecule has 1 amide bonds. The maximum absolute atomic E-state index is 12.5. The van der Waals surface area contributed by atoms with Crippen LogP contribution in [-0.4, -0.2) is 35.4 Å². The third kappa shape index (κ3) is 3.70. The Balaban J connectivity index is 1.76. The first-order chi connectivity index (χ1) is 12.5. The van der Waals surface area contributed by atoms with Crippen LogP contribution in [0.15, 0.2) is 34.2 Å². The number of nitrogens with zero attached hydrogens (tertiary/aromatic N) is 2. The normalized spacial score (nSPS) is 15.4. The fourth-order valence-electron chi connectivity index (χ4n) is 2.86. The summed E-state index contributed by atoms with van der Waals surface area (Å²) in [6.45, 7) is 1.96. The molecule has 0 bridgehead atoms. The van der Waals surface area contributed by atoms with Crippen molar-refractivity contribution in [3.8, 4) is 11.5 Å². The maximum Gasteiger partial charge on any atom is 0.254 e. The molecule has 1 unspecified atom stereocenters. The average molecular weight is 375 g/mol. The van der Waals surface area contributed by atoms with Crippen LogP contribution >= 0.6 is 11.8 Å². The smallest absolute Gasteiger partial charge is 0.254 e. The zero-order valence-corrected chi connectivity index (χ0v) is 15.8. The number of aryl methyl sites for hydroxylation is 1. The van der Waals surface area contributed by atoms with Gasteiger partial charge in [0.25, 0.3) is 5.56 Å². The fraction of sp³-hybridized carbons (Fsp3) is 0.389. The first-order valence-corrected chi connectivity index (χ1v) is 9.31. The highest BCUT2D eigenvalue weighted by molar-refractivity contribution is 7.99. The Hall–Kier alpha value is -2.48. The summed E-state index contributed by atoms with van der Waals surface area (Å²) in [5, 5.41) is 3.53. The highest BCUT2D eigenvalue weighted by atomic mass is 32.2. The van der Waals surface area contributed by atoms with Gasteiger partial charge in [-0.2, -0.15) is 0 Å². The topological polar surface area (TPSA) is 82.5 Å². The molecular weight excluding hydrogens is 354 g/mol. The van der Waals surface area contributed by atoms with Crippen LogP contribution in [0.4, 0.5) is 5.69 Å². The van der Waals surface area contributed by atoms with E-state index in [0.29, 0.717) is 34.5 Å². The summed E-state index contributed by atoms with van der Waals surface area (Å²) >= 11 is 1.51. The first kappa shape index (κ1) is 18.3. The van der Waals surface area contributed by atoms with Gasteiger partial charge in [-0.05, 0) is 18.6 Å². The van der Waals surface area contributed by atoms with E-state index in [2.05, 4.69) is 10.3 Å². The summed E-state index contributed by atoms with van der Waals surface area (Å²) in [5.41, 5.74) is 1.21. The molecule has 8 heteroatoms. The van der Waals surface area contributed by atoms with Crippen molar-refractivity contribution < 1.29 is 14.3 Å². The number of hydrogen-bond acceptors (Lipinski definition) is 6. The average Bonchev–Trinajstić information content (AvgIpc) is 3.04. The molecule has 1 aromatic carbocycles. The van der Waals surface area contributed by atoms with Crippen molar-refractivity contribution in [2.75, 3.05) is 25.3 Å². The lowest BCUT2D eigenvalue weighted by Crippen LogP contribution is -2.27. The third-order valence-corrected chi connectivity index (χ3v) is 5.30. The molecule has 2 aromatic rings. The zero-order chi connectivity index (χ0) is 18.7. The number of anilines is 1. The molecule has 2 heterocycles. The third-order valence-electron chi connectivity index (χ3n) is 4.21. The van der Waals surface area contributed by atoms with Gasteiger partial charge in [-0.1, -0.05) is 18.7 Å². The number of amides is 1. The Morgan fingerprint density at radius 2 is 2.15 bits per heavy atom. The second kappa shape index (κ2) is 7.82. The quantitative estimate of drug-likeness (QED) is 0.781. The lowest BCUT2D eigenvalue weighted by Gasteiger charge is -2.15. The Morgan fingerprint density at radius 1 is 1.35 bits per heavy atom. The second-order valence-electron chi connectivity index (χ2n) is 5.88. The van der Waals surface area contributed by atoms with E-state index >= 15 is 0 Å². The number of benzene rings is 1. The molecule has 0 spiro atoms. The van der Waals surface area contributed by atoms with Crippen molar-refractivity contribution in [2.45, 2.75) is 31.0 Å². The van der Waals surface area contributed by atoms with Gasteiger partial charge >= 0.3 is 0 Å². The number of carbonyl (C=O) groups excluding carboxylic acids is 1. The Morgan fingerprint density at radius 3 is 2.85 bits per heavy atom. The summed E-state index contributed by atoms with van der Waals surface area (Å²) < 4.78 is 12.1. The van der Waals surface area contributed by atoms with Crippen LogP contribution in [0, 0.1) is 0 Å². The molecule has 0 saturated heterocycles. The number of carbonyl (C=O) groups is 1. The van der Waals surface area contributed by atoms with Crippen LogP contribution in [0.25, 0.3) is 0 Å². The zero-order valence-electron chi connectivity index (χ0n) is 14.9. The van der Waals surface area contributed by atoms with Crippen LogP contribution < -0.4 is 20.3 Å². The molecule has 138 valence electrons. The summed E-state index contributed by atoms with van der Waals surface area (Å²) in [5.74, 6) is 1.63. The maximum atomic E-state index is 12.5. The van der Waals surface area contributed by atoms with Gasteiger partial charge in [-0.25, -0.2) is 4.98 Å². The molecule has 1 atom stereocenters. The minimum absolute atomic E-state index is 0.103. The van der Waals surface area contributed by atoms with Crippen LogP contribution in [-0.2, 0) is 11.2 Å².